The molecule has 3 heterocycles. The number of H-pyrrole nitrogens is 1. The molecule has 132 valence electrons. The fourth-order valence-electron chi connectivity index (χ4n) is 2.41. The summed E-state index contributed by atoms with van der Waals surface area (Å²) in [7, 11) is 1.49. The normalized spacial score (nSPS) is 13.2. The average Bonchev–Trinajstić information content (AvgIpc) is 3.40. The first-order chi connectivity index (χ1) is 12.7. The number of methoxy groups -OCH3 is 1. The van der Waals surface area contributed by atoms with Crippen LogP contribution in [0, 0.1) is 5.82 Å². The quantitative estimate of drug-likeness (QED) is 0.666. The molecule has 7 nitrogen and oxygen atoms in total. The molecule has 0 aliphatic carbocycles. The Kier molecular flexibility index (Phi) is 4.53. The molecule has 4 rings (SSSR count). The zero-order chi connectivity index (χ0) is 17.9. The molecule has 0 saturated heterocycles. The zero-order valence-corrected chi connectivity index (χ0v) is 14.6. The fraction of sp³-hybridized carbons (Fsp3) is 0.176. The Balaban J connectivity index is 1.50. The van der Waals surface area contributed by atoms with E-state index in [2.05, 4.69) is 25.4 Å². The highest BCUT2D eigenvalue weighted by molar-refractivity contribution is 7.99. The summed E-state index contributed by atoms with van der Waals surface area (Å²) in [5.41, 5.74) is 1.57. The molecule has 0 bridgehead atoms. The Bertz CT molecular complexity index is 995. The van der Waals surface area contributed by atoms with E-state index in [1.165, 1.54) is 31.0 Å². The highest BCUT2D eigenvalue weighted by atomic mass is 32.2. The van der Waals surface area contributed by atoms with E-state index in [1.807, 2.05) is 0 Å². The van der Waals surface area contributed by atoms with E-state index in [0.29, 0.717) is 39.6 Å². The molecule has 3 aromatic rings. The van der Waals surface area contributed by atoms with Crippen LogP contribution >= 0.6 is 11.8 Å². The van der Waals surface area contributed by atoms with Gasteiger partial charge in [-0.2, -0.15) is 15.2 Å². The smallest absolute Gasteiger partial charge is 0.209 e. The summed E-state index contributed by atoms with van der Waals surface area (Å²) in [4.78, 5) is 4.41. The molecule has 0 saturated carbocycles. The van der Waals surface area contributed by atoms with Crippen LogP contribution in [0.5, 0.6) is 5.75 Å². The minimum absolute atomic E-state index is 0.394. The molecule has 0 unspecified atom stereocenters. The molecule has 26 heavy (non-hydrogen) atoms. The molecular formula is C17H14FN5O2S. The van der Waals surface area contributed by atoms with Crippen molar-refractivity contribution in [1.29, 1.82) is 0 Å². The summed E-state index contributed by atoms with van der Waals surface area (Å²) < 4.78 is 24.6. The van der Waals surface area contributed by atoms with E-state index in [0.717, 1.165) is 12.1 Å². The van der Waals surface area contributed by atoms with E-state index >= 15 is 0 Å². The van der Waals surface area contributed by atoms with Crippen LogP contribution in [0.25, 0.3) is 22.9 Å². The molecular weight excluding hydrogens is 357 g/mol. The van der Waals surface area contributed by atoms with Crippen LogP contribution in [-0.2, 0) is 0 Å². The van der Waals surface area contributed by atoms with E-state index in [4.69, 9.17) is 9.15 Å². The minimum atomic E-state index is -0.394. The summed E-state index contributed by atoms with van der Waals surface area (Å²) in [6.07, 6.45) is 2.54. The summed E-state index contributed by atoms with van der Waals surface area (Å²) in [6, 6.07) is 7.92. The van der Waals surface area contributed by atoms with Crippen molar-refractivity contribution in [1.82, 2.24) is 15.2 Å². The first-order valence-corrected chi connectivity index (χ1v) is 8.77. The highest BCUT2D eigenvalue weighted by Crippen LogP contribution is 2.30. The van der Waals surface area contributed by atoms with Crippen LogP contribution in [0.15, 0.2) is 50.1 Å². The van der Waals surface area contributed by atoms with Crippen molar-refractivity contribution >= 4 is 23.7 Å². The molecule has 1 N–H and O–H groups in total. The molecule has 2 aromatic heterocycles. The minimum Gasteiger partial charge on any atom is -0.497 e. The van der Waals surface area contributed by atoms with Gasteiger partial charge in [-0.15, -0.1) is 5.10 Å². The van der Waals surface area contributed by atoms with Crippen LogP contribution in [0.4, 0.5) is 4.39 Å². The number of benzene rings is 1. The van der Waals surface area contributed by atoms with Crippen molar-refractivity contribution in [2.75, 3.05) is 12.9 Å². The van der Waals surface area contributed by atoms with Gasteiger partial charge in [0.05, 0.1) is 12.8 Å². The second-order valence-corrected chi connectivity index (χ2v) is 6.41. The zero-order valence-electron chi connectivity index (χ0n) is 13.8. The Hall–Kier alpha value is -2.94. The summed E-state index contributed by atoms with van der Waals surface area (Å²) in [5.74, 6) is 2.25. The van der Waals surface area contributed by atoms with Gasteiger partial charge in [0.2, 0.25) is 5.16 Å². The average molecular weight is 371 g/mol. The van der Waals surface area contributed by atoms with Gasteiger partial charge in [0.25, 0.3) is 0 Å². The van der Waals surface area contributed by atoms with Gasteiger partial charge in [-0.3, -0.25) is 5.10 Å². The Morgan fingerprint density at radius 2 is 2.15 bits per heavy atom. The maximum Gasteiger partial charge on any atom is 0.209 e. The van der Waals surface area contributed by atoms with E-state index in [-0.39, 0.29) is 0 Å². The lowest BCUT2D eigenvalue weighted by molar-refractivity contribution is 0.411. The number of nitrogens with zero attached hydrogens (tertiary/aromatic N) is 4. The first-order valence-electron chi connectivity index (χ1n) is 7.79. The predicted molar refractivity (Wildman–Crippen MR) is 97.3 cm³/mol. The Labute approximate surface area is 152 Å². The molecule has 0 spiro atoms. The second kappa shape index (κ2) is 7.12. The van der Waals surface area contributed by atoms with Crippen LogP contribution in [-0.4, -0.2) is 40.0 Å². The molecule has 9 heteroatoms. The van der Waals surface area contributed by atoms with Crippen LogP contribution in [0.2, 0.25) is 0 Å². The molecule has 1 aliphatic rings. The standard InChI is InChI=1S/C17H14FN5O2S/c1-24-13-7-10(6-11(18)8-13)14-2-3-15(25-14)16-20-17(23-22-16)26-9-12-4-5-19-21-12/h2-3,5-8H,4,9H2,1H3,(H,20,22,23). The van der Waals surface area contributed by atoms with Crippen molar-refractivity contribution in [2.45, 2.75) is 11.6 Å². The third kappa shape index (κ3) is 3.52. The number of rotatable bonds is 6. The summed E-state index contributed by atoms with van der Waals surface area (Å²) >= 11 is 1.47. The maximum atomic E-state index is 13.7. The molecule has 0 radical (unpaired) electrons. The fourth-order valence-corrected chi connectivity index (χ4v) is 3.15. The lowest BCUT2D eigenvalue weighted by atomic mass is 10.1. The third-order valence-corrected chi connectivity index (χ3v) is 4.59. The van der Waals surface area contributed by atoms with Crippen molar-refractivity contribution < 1.29 is 13.5 Å². The number of nitrogens with one attached hydrogen (secondary N) is 1. The molecule has 1 aromatic carbocycles. The molecule has 0 atom stereocenters. The Morgan fingerprint density at radius 3 is 2.96 bits per heavy atom. The summed E-state index contributed by atoms with van der Waals surface area (Å²) in [5, 5.41) is 15.5. The largest absolute Gasteiger partial charge is 0.497 e. The van der Waals surface area contributed by atoms with Gasteiger partial charge in [0.15, 0.2) is 11.6 Å². The Morgan fingerprint density at radius 1 is 1.27 bits per heavy atom. The second-order valence-electron chi connectivity index (χ2n) is 5.47. The monoisotopic (exact) mass is 371 g/mol. The number of ether oxygens (including phenoxy) is 1. The van der Waals surface area contributed by atoms with Gasteiger partial charge in [-0.25, -0.2) is 4.39 Å². The third-order valence-electron chi connectivity index (χ3n) is 3.67. The number of thioether (sulfide) groups is 1. The lowest BCUT2D eigenvalue weighted by Gasteiger charge is -2.03. The van der Waals surface area contributed by atoms with Crippen molar-refractivity contribution in [3.05, 3.63) is 36.1 Å². The maximum absolute atomic E-state index is 13.7. The van der Waals surface area contributed by atoms with Gasteiger partial charge in [-0.1, -0.05) is 11.8 Å². The van der Waals surface area contributed by atoms with Crippen molar-refractivity contribution in [3.63, 3.8) is 0 Å². The van der Waals surface area contributed by atoms with Crippen molar-refractivity contribution in [2.24, 2.45) is 10.2 Å². The molecule has 0 fully saturated rings. The molecule has 0 amide bonds. The lowest BCUT2D eigenvalue weighted by Crippen LogP contribution is -1.98. The number of hydrogen-bond donors (Lipinski definition) is 1. The first kappa shape index (κ1) is 16.5. The predicted octanol–water partition coefficient (Wildman–Crippen LogP) is 3.80. The van der Waals surface area contributed by atoms with Gasteiger partial charge in [0, 0.05) is 30.0 Å². The number of hydrogen-bond acceptors (Lipinski definition) is 7. The van der Waals surface area contributed by atoms with Gasteiger partial charge in [-0.05, 0) is 24.3 Å². The van der Waals surface area contributed by atoms with Crippen LogP contribution in [0.3, 0.4) is 0 Å². The number of furan rings is 1. The van der Waals surface area contributed by atoms with Crippen molar-refractivity contribution in [3.8, 4) is 28.7 Å². The SMILES string of the molecule is COc1cc(F)cc(-c2ccc(-c3nc(SCC4=NN=CC4)n[nH]3)o2)c1. The van der Waals surface area contributed by atoms with Crippen LogP contribution in [0.1, 0.15) is 6.42 Å². The van der Waals surface area contributed by atoms with Crippen LogP contribution < -0.4 is 4.74 Å². The van der Waals surface area contributed by atoms with E-state index in [1.54, 1.807) is 24.4 Å². The topological polar surface area (TPSA) is 88.7 Å². The number of halogens is 1. The number of aromatic amines is 1. The highest BCUT2D eigenvalue weighted by Gasteiger charge is 2.14. The number of aromatic nitrogens is 3. The van der Waals surface area contributed by atoms with Gasteiger partial charge >= 0.3 is 0 Å². The van der Waals surface area contributed by atoms with Gasteiger partial charge < -0.3 is 9.15 Å². The van der Waals surface area contributed by atoms with E-state index in [9.17, 15) is 4.39 Å². The van der Waals surface area contributed by atoms with Gasteiger partial charge in [0.1, 0.15) is 17.3 Å². The van der Waals surface area contributed by atoms with E-state index < -0.39 is 5.82 Å². The molecule has 1 aliphatic heterocycles. The summed E-state index contributed by atoms with van der Waals surface area (Å²) in [6.45, 7) is 0.